The zero-order chi connectivity index (χ0) is 21.3. The molecule has 0 aliphatic rings. The van der Waals surface area contributed by atoms with Crippen molar-refractivity contribution in [2.45, 2.75) is 52.4 Å². The fourth-order valence-corrected chi connectivity index (χ4v) is 2.42. The minimum Gasteiger partial charge on any atom is -0.405 e. The summed E-state index contributed by atoms with van der Waals surface area (Å²) in [6, 6.07) is 5.95. The van der Waals surface area contributed by atoms with E-state index in [2.05, 4.69) is 30.5 Å². The summed E-state index contributed by atoms with van der Waals surface area (Å²) in [5.41, 5.74) is 0.342. The highest BCUT2D eigenvalue weighted by Crippen LogP contribution is 2.26. The van der Waals surface area contributed by atoms with Gasteiger partial charge in [0.1, 0.15) is 5.75 Å². The summed E-state index contributed by atoms with van der Waals surface area (Å²) in [7, 11) is 0. The third-order valence-electron chi connectivity index (χ3n) is 3.81. The summed E-state index contributed by atoms with van der Waals surface area (Å²) >= 11 is 0. The molecule has 0 amide bonds. The Balaban J connectivity index is 0.00000450. The lowest BCUT2D eigenvalue weighted by atomic mass is 10.2. The smallest absolute Gasteiger partial charge is 0.405 e. The van der Waals surface area contributed by atoms with E-state index in [1.807, 2.05) is 20.8 Å². The van der Waals surface area contributed by atoms with Crippen LogP contribution in [0.4, 0.5) is 13.2 Å². The van der Waals surface area contributed by atoms with E-state index in [1.165, 1.54) is 12.1 Å². The zero-order valence-electron chi connectivity index (χ0n) is 17.1. The van der Waals surface area contributed by atoms with E-state index in [-0.39, 0.29) is 42.2 Å². The average Bonchev–Trinajstić information content (AvgIpc) is 3.12. The summed E-state index contributed by atoms with van der Waals surface area (Å²) in [6.07, 6.45) is -3.39. The van der Waals surface area contributed by atoms with Crippen molar-refractivity contribution >= 4 is 29.9 Å². The molecule has 2 N–H and O–H groups in total. The third-order valence-corrected chi connectivity index (χ3v) is 3.81. The van der Waals surface area contributed by atoms with Crippen molar-refractivity contribution in [3.63, 3.8) is 0 Å². The molecule has 1 aromatic heterocycles. The largest absolute Gasteiger partial charge is 0.573 e. The molecule has 11 heteroatoms. The summed E-state index contributed by atoms with van der Waals surface area (Å²) in [6.45, 7) is 7.15. The lowest BCUT2D eigenvalue weighted by molar-refractivity contribution is -0.274. The SMILES string of the molecule is CCNC(=NCc1ccccc1OC(F)(F)F)NCCCc1nc(C(C)C)no1.I. The van der Waals surface area contributed by atoms with E-state index in [0.29, 0.717) is 42.7 Å². The van der Waals surface area contributed by atoms with Gasteiger partial charge >= 0.3 is 6.36 Å². The van der Waals surface area contributed by atoms with Crippen molar-refractivity contribution in [3.05, 3.63) is 41.5 Å². The quantitative estimate of drug-likeness (QED) is 0.212. The molecule has 2 rings (SSSR count). The number of nitrogens with one attached hydrogen (secondary N) is 2. The molecule has 0 atom stereocenters. The number of aromatic nitrogens is 2. The molecule has 0 unspecified atom stereocenters. The second-order valence-electron chi connectivity index (χ2n) is 6.58. The van der Waals surface area contributed by atoms with Crippen molar-refractivity contribution in [1.29, 1.82) is 0 Å². The molecule has 7 nitrogen and oxygen atoms in total. The molecule has 0 spiro atoms. The van der Waals surface area contributed by atoms with Gasteiger partial charge in [-0.1, -0.05) is 37.2 Å². The number of hydrogen-bond acceptors (Lipinski definition) is 5. The maximum absolute atomic E-state index is 12.5. The van der Waals surface area contributed by atoms with E-state index < -0.39 is 6.36 Å². The summed E-state index contributed by atoms with van der Waals surface area (Å²) in [4.78, 5) is 8.66. The Morgan fingerprint density at radius 3 is 2.60 bits per heavy atom. The molecule has 2 aromatic rings. The van der Waals surface area contributed by atoms with Crippen LogP contribution in [0.2, 0.25) is 0 Å². The fraction of sp³-hybridized carbons (Fsp3) is 0.526. The van der Waals surface area contributed by atoms with Crippen LogP contribution < -0.4 is 15.4 Å². The van der Waals surface area contributed by atoms with Crippen LogP contribution >= 0.6 is 24.0 Å². The number of hydrogen-bond donors (Lipinski definition) is 2. The molecule has 168 valence electrons. The van der Waals surface area contributed by atoms with E-state index in [9.17, 15) is 13.2 Å². The number of halogens is 4. The number of rotatable bonds is 9. The van der Waals surface area contributed by atoms with Crippen LogP contribution in [0.15, 0.2) is 33.8 Å². The van der Waals surface area contributed by atoms with Crippen molar-refractivity contribution in [3.8, 4) is 5.75 Å². The maximum atomic E-state index is 12.5. The number of ether oxygens (including phenoxy) is 1. The predicted molar refractivity (Wildman–Crippen MR) is 118 cm³/mol. The van der Waals surface area contributed by atoms with Crippen LogP contribution in [0, 0.1) is 0 Å². The highest BCUT2D eigenvalue weighted by molar-refractivity contribution is 14.0. The number of benzene rings is 1. The minimum atomic E-state index is -4.74. The Morgan fingerprint density at radius 1 is 1.23 bits per heavy atom. The summed E-state index contributed by atoms with van der Waals surface area (Å²) in [5, 5.41) is 10.1. The molecule has 0 saturated heterocycles. The average molecular weight is 541 g/mol. The van der Waals surface area contributed by atoms with Gasteiger partial charge in [0.25, 0.3) is 0 Å². The number of alkyl halides is 3. The van der Waals surface area contributed by atoms with Gasteiger partial charge in [0, 0.05) is 31.0 Å². The van der Waals surface area contributed by atoms with Gasteiger partial charge in [-0.25, -0.2) is 4.99 Å². The Hall–Kier alpha value is -2.05. The number of aryl methyl sites for hydroxylation is 1. The lowest BCUT2D eigenvalue weighted by Gasteiger charge is -2.13. The topological polar surface area (TPSA) is 84.6 Å². The molecule has 1 heterocycles. The molecular weight excluding hydrogens is 514 g/mol. The molecule has 0 aliphatic heterocycles. The van der Waals surface area contributed by atoms with Crippen molar-refractivity contribution < 1.29 is 22.4 Å². The first-order valence-corrected chi connectivity index (χ1v) is 9.46. The van der Waals surface area contributed by atoms with E-state index in [4.69, 9.17) is 4.52 Å². The number of para-hydroxylation sites is 1. The summed E-state index contributed by atoms with van der Waals surface area (Å²) < 4.78 is 46.9. The first-order chi connectivity index (χ1) is 13.8. The van der Waals surface area contributed by atoms with Crippen LogP contribution in [0.5, 0.6) is 5.75 Å². The van der Waals surface area contributed by atoms with E-state index in [0.717, 1.165) is 6.42 Å². The first kappa shape index (κ1) is 26.0. The van der Waals surface area contributed by atoms with Crippen LogP contribution in [-0.2, 0) is 13.0 Å². The Morgan fingerprint density at radius 2 is 1.97 bits per heavy atom. The molecule has 30 heavy (non-hydrogen) atoms. The molecule has 0 aliphatic carbocycles. The summed E-state index contributed by atoms with van der Waals surface area (Å²) in [5.74, 6) is 1.72. The van der Waals surface area contributed by atoms with Crippen molar-refractivity contribution in [2.24, 2.45) is 4.99 Å². The highest BCUT2D eigenvalue weighted by Gasteiger charge is 2.31. The number of aliphatic imine (C=N–C) groups is 1. The maximum Gasteiger partial charge on any atom is 0.573 e. The Bertz CT molecular complexity index is 796. The minimum absolute atomic E-state index is 0. The standard InChI is InChI=1S/C19H26F3N5O2.HI/c1-4-23-18(24-11-7-10-16-26-17(13(2)3)27-29-16)25-12-14-8-5-6-9-15(14)28-19(20,21)22;/h5-6,8-9,13H,4,7,10-12H2,1-3H3,(H2,23,24,25);1H. The van der Waals surface area contributed by atoms with Gasteiger partial charge in [-0.05, 0) is 19.4 Å². The van der Waals surface area contributed by atoms with Crippen LogP contribution in [-0.4, -0.2) is 35.6 Å². The second kappa shape index (κ2) is 12.6. The van der Waals surface area contributed by atoms with Crippen molar-refractivity contribution in [1.82, 2.24) is 20.8 Å². The van der Waals surface area contributed by atoms with Gasteiger partial charge in [0.15, 0.2) is 11.8 Å². The molecule has 0 saturated carbocycles. The highest BCUT2D eigenvalue weighted by atomic mass is 127. The molecule has 0 radical (unpaired) electrons. The fourth-order valence-electron chi connectivity index (χ4n) is 2.42. The lowest BCUT2D eigenvalue weighted by Crippen LogP contribution is -2.37. The third kappa shape index (κ3) is 9.18. The van der Waals surface area contributed by atoms with Crippen molar-refractivity contribution in [2.75, 3.05) is 13.1 Å². The van der Waals surface area contributed by atoms with Gasteiger partial charge in [0.05, 0.1) is 6.54 Å². The number of guanidine groups is 1. The van der Waals surface area contributed by atoms with Gasteiger partial charge in [-0.3, -0.25) is 0 Å². The molecule has 0 bridgehead atoms. The Labute approximate surface area is 190 Å². The van der Waals surface area contributed by atoms with Gasteiger partial charge < -0.3 is 19.9 Å². The van der Waals surface area contributed by atoms with Gasteiger partial charge in [0.2, 0.25) is 5.89 Å². The van der Waals surface area contributed by atoms with Crippen LogP contribution in [0.3, 0.4) is 0 Å². The van der Waals surface area contributed by atoms with Gasteiger partial charge in [-0.15, -0.1) is 37.1 Å². The normalized spacial score (nSPS) is 11.9. The molecular formula is C19H27F3IN5O2. The van der Waals surface area contributed by atoms with Crippen LogP contribution in [0.25, 0.3) is 0 Å². The number of nitrogens with zero attached hydrogens (tertiary/aromatic N) is 3. The monoisotopic (exact) mass is 541 g/mol. The van der Waals surface area contributed by atoms with E-state index >= 15 is 0 Å². The first-order valence-electron chi connectivity index (χ1n) is 9.46. The molecule has 0 fully saturated rings. The van der Waals surface area contributed by atoms with Crippen LogP contribution in [0.1, 0.15) is 50.4 Å². The van der Waals surface area contributed by atoms with E-state index in [1.54, 1.807) is 12.1 Å². The predicted octanol–water partition coefficient (Wildman–Crippen LogP) is 4.40. The molecule has 1 aromatic carbocycles. The van der Waals surface area contributed by atoms with Gasteiger partial charge in [-0.2, -0.15) is 4.98 Å². The Kier molecular flexibility index (Phi) is 10.9. The second-order valence-corrected chi connectivity index (χ2v) is 6.58. The zero-order valence-corrected chi connectivity index (χ0v) is 19.5.